The van der Waals surface area contributed by atoms with Gasteiger partial charge >= 0.3 is 6.18 Å². The van der Waals surface area contributed by atoms with Gasteiger partial charge in [-0.25, -0.2) is 4.98 Å². The molecule has 2 heterocycles. The Bertz CT molecular complexity index is 890. The number of nitrogens with zero attached hydrogens (tertiary/aromatic N) is 6. The summed E-state index contributed by atoms with van der Waals surface area (Å²) >= 11 is 0. The van der Waals surface area contributed by atoms with Gasteiger partial charge in [-0.05, 0) is 30.7 Å². The van der Waals surface area contributed by atoms with Gasteiger partial charge in [0.1, 0.15) is 5.82 Å². The highest BCUT2D eigenvalue weighted by atomic mass is 19.4. The molecule has 0 N–H and O–H groups in total. The fourth-order valence-corrected chi connectivity index (χ4v) is 3.32. The van der Waals surface area contributed by atoms with E-state index in [1.54, 1.807) is 28.1 Å². The maximum absolute atomic E-state index is 13.5. The van der Waals surface area contributed by atoms with Gasteiger partial charge in [0, 0.05) is 52.2 Å². The SMILES string of the molecule is CN(C)c1nccc(N(C)C2CCN(c3ccc(C#N)cc3C(F)(F)F)C2)n1. The summed E-state index contributed by atoms with van der Waals surface area (Å²) in [7, 11) is 5.58. The molecule has 2 aromatic rings. The lowest BCUT2D eigenvalue weighted by Gasteiger charge is -2.28. The molecule has 1 aromatic carbocycles. The van der Waals surface area contributed by atoms with Crippen molar-refractivity contribution < 1.29 is 13.2 Å². The molecular weight excluding hydrogens is 369 g/mol. The third kappa shape index (κ3) is 3.96. The van der Waals surface area contributed by atoms with E-state index >= 15 is 0 Å². The van der Waals surface area contributed by atoms with Gasteiger partial charge in [0.2, 0.25) is 5.95 Å². The second-order valence-electron chi connectivity index (χ2n) is 6.95. The topological polar surface area (TPSA) is 59.3 Å². The van der Waals surface area contributed by atoms with Gasteiger partial charge in [-0.15, -0.1) is 0 Å². The standard InChI is InChI=1S/C19H21F3N6/c1-26(2)18-24-8-6-17(25-18)27(3)14-7-9-28(12-14)16-5-4-13(11-23)10-15(16)19(20,21)22/h4-6,8,10,14H,7,9,12H2,1-3H3. The molecule has 0 bridgehead atoms. The van der Waals surface area contributed by atoms with Crippen LogP contribution in [0.15, 0.2) is 30.5 Å². The molecule has 1 aliphatic rings. The zero-order valence-electron chi connectivity index (χ0n) is 15.9. The maximum Gasteiger partial charge on any atom is 0.418 e. The predicted molar refractivity (Wildman–Crippen MR) is 102 cm³/mol. The highest BCUT2D eigenvalue weighted by Gasteiger charge is 2.37. The number of anilines is 3. The predicted octanol–water partition coefficient (Wildman–Crippen LogP) is 3.15. The van der Waals surface area contributed by atoms with Crippen molar-refractivity contribution in [2.24, 2.45) is 0 Å². The minimum absolute atomic E-state index is 0.00106. The summed E-state index contributed by atoms with van der Waals surface area (Å²) in [5.74, 6) is 1.30. The smallest absolute Gasteiger partial charge is 0.369 e. The van der Waals surface area contributed by atoms with Crippen molar-refractivity contribution in [3.8, 4) is 6.07 Å². The molecule has 0 amide bonds. The Morgan fingerprint density at radius 1 is 1.21 bits per heavy atom. The van der Waals surface area contributed by atoms with E-state index in [0.29, 0.717) is 25.5 Å². The Kier molecular flexibility index (Phi) is 5.31. The van der Waals surface area contributed by atoms with Crippen molar-refractivity contribution in [1.82, 2.24) is 9.97 Å². The van der Waals surface area contributed by atoms with E-state index < -0.39 is 11.7 Å². The average Bonchev–Trinajstić information content (AvgIpc) is 3.16. The van der Waals surface area contributed by atoms with Gasteiger partial charge in [-0.1, -0.05) is 0 Å². The number of hydrogen-bond acceptors (Lipinski definition) is 6. The molecule has 6 nitrogen and oxygen atoms in total. The first-order valence-corrected chi connectivity index (χ1v) is 8.80. The summed E-state index contributed by atoms with van der Waals surface area (Å²) in [6, 6.07) is 7.31. The van der Waals surface area contributed by atoms with Crippen LogP contribution < -0.4 is 14.7 Å². The lowest BCUT2D eigenvalue weighted by molar-refractivity contribution is -0.137. The van der Waals surface area contributed by atoms with Gasteiger partial charge in [0.05, 0.1) is 17.2 Å². The zero-order valence-corrected chi connectivity index (χ0v) is 15.9. The molecule has 3 rings (SSSR count). The summed E-state index contributed by atoms with van der Waals surface area (Å²) in [6.45, 7) is 0.933. The number of rotatable bonds is 4. The van der Waals surface area contributed by atoms with Crippen molar-refractivity contribution >= 4 is 17.5 Å². The Labute approximate surface area is 161 Å². The molecule has 1 atom stereocenters. The molecule has 28 heavy (non-hydrogen) atoms. The van der Waals surface area contributed by atoms with Gasteiger partial charge in [0.25, 0.3) is 0 Å². The summed E-state index contributed by atoms with van der Waals surface area (Å²) in [6.07, 6.45) is -2.14. The third-order valence-corrected chi connectivity index (χ3v) is 4.87. The number of likely N-dealkylation sites (N-methyl/N-ethyl adjacent to an activating group) is 1. The van der Waals surface area contributed by atoms with E-state index in [9.17, 15) is 13.2 Å². The van der Waals surface area contributed by atoms with Crippen LogP contribution in [0.3, 0.4) is 0 Å². The quantitative estimate of drug-likeness (QED) is 0.799. The lowest BCUT2D eigenvalue weighted by Crippen LogP contribution is -2.35. The van der Waals surface area contributed by atoms with Crippen molar-refractivity contribution in [3.63, 3.8) is 0 Å². The van der Waals surface area contributed by atoms with E-state index in [2.05, 4.69) is 9.97 Å². The van der Waals surface area contributed by atoms with Crippen LogP contribution in [0.5, 0.6) is 0 Å². The van der Waals surface area contributed by atoms with Gasteiger partial charge in [-0.2, -0.15) is 23.4 Å². The van der Waals surface area contributed by atoms with E-state index in [1.807, 2.05) is 26.0 Å². The summed E-state index contributed by atoms with van der Waals surface area (Å²) in [4.78, 5) is 14.2. The van der Waals surface area contributed by atoms with Crippen LogP contribution in [-0.2, 0) is 6.18 Å². The summed E-state index contributed by atoms with van der Waals surface area (Å²) in [5, 5.41) is 8.93. The highest BCUT2D eigenvalue weighted by molar-refractivity contribution is 5.59. The first-order valence-electron chi connectivity index (χ1n) is 8.80. The average molecular weight is 390 g/mol. The zero-order chi connectivity index (χ0) is 20.5. The van der Waals surface area contributed by atoms with Gasteiger partial charge < -0.3 is 14.7 Å². The van der Waals surface area contributed by atoms with Crippen molar-refractivity contribution in [2.75, 3.05) is 48.9 Å². The Morgan fingerprint density at radius 2 is 1.96 bits per heavy atom. The minimum Gasteiger partial charge on any atom is -0.369 e. The number of alkyl halides is 3. The molecule has 0 saturated carbocycles. The Hall–Kier alpha value is -3.02. The molecule has 1 fully saturated rings. The number of aromatic nitrogens is 2. The van der Waals surface area contributed by atoms with Crippen LogP contribution in [0.2, 0.25) is 0 Å². The van der Waals surface area contributed by atoms with E-state index in [-0.39, 0.29) is 17.3 Å². The maximum atomic E-state index is 13.5. The Morgan fingerprint density at radius 3 is 2.61 bits per heavy atom. The van der Waals surface area contributed by atoms with Crippen molar-refractivity contribution in [2.45, 2.75) is 18.6 Å². The minimum atomic E-state index is -4.51. The number of halogens is 3. The Balaban J connectivity index is 1.83. The van der Waals surface area contributed by atoms with E-state index in [0.717, 1.165) is 11.9 Å². The monoisotopic (exact) mass is 390 g/mol. The van der Waals surface area contributed by atoms with Crippen molar-refractivity contribution in [3.05, 3.63) is 41.6 Å². The first kappa shape index (κ1) is 19.7. The fourth-order valence-electron chi connectivity index (χ4n) is 3.32. The van der Waals surface area contributed by atoms with Crippen molar-refractivity contribution in [1.29, 1.82) is 5.26 Å². The highest BCUT2D eigenvalue weighted by Crippen LogP contribution is 2.38. The molecular formula is C19H21F3N6. The normalized spacial score (nSPS) is 16.8. The first-order chi connectivity index (χ1) is 13.2. The second-order valence-corrected chi connectivity index (χ2v) is 6.95. The fraction of sp³-hybridized carbons (Fsp3) is 0.421. The molecule has 0 radical (unpaired) electrons. The molecule has 0 aliphatic carbocycles. The van der Waals surface area contributed by atoms with E-state index in [4.69, 9.17) is 5.26 Å². The largest absolute Gasteiger partial charge is 0.418 e. The lowest BCUT2D eigenvalue weighted by atomic mass is 10.1. The number of nitriles is 1. The molecule has 148 valence electrons. The van der Waals surface area contributed by atoms with Crippen LogP contribution in [0, 0.1) is 11.3 Å². The van der Waals surface area contributed by atoms with E-state index in [1.165, 1.54) is 12.1 Å². The van der Waals surface area contributed by atoms with Crippen LogP contribution in [-0.4, -0.2) is 50.2 Å². The summed E-state index contributed by atoms with van der Waals surface area (Å²) < 4.78 is 40.5. The van der Waals surface area contributed by atoms with Crippen LogP contribution in [0.1, 0.15) is 17.5 Å². The third-order valence-electron chi connectivity index (χ3n) is 4.87. The molecule has 1 saturated heterocycles. The summed E-state index contributed by atoms with van der Waals surface area (Å²) in [5.41, 5.74) is -0.660. The molecule has 1 aliphatic heterocycles. The molecule has 9 heteroatoms. The van der Waals surface area contributed by atoms with Crippen LogP contribution in [0.4, 0.5) is 30.6 Å². The number of benzene rings is 1. The van der Waals surface area contributed by atoms with Crippen LogP contribution >= 0.6 is 0 Å². The molecule has 0 spiro atoms. The van der Waals surface area contributed by atoms with Gasteiger partial charge in [-0.3, -0.25) is 0 Å². The molecule has 1 aromatic heterocycles. The second kappa shape index (κ2) is 7.54. The van der Waals surface area contributed by atoms with Gasteiger partial charge in [0.15, 0.2) is 0 Å². The molecule has 1 unspecified atom stereocenters. The number of hydrogen-bond donors (Lipinski definition) is 0. The van der Waals surface area contributed by atoms with Crippen LogP contribution in [0.25, 0.3) is 0 Å².